The molecule has 2 unspecified atom stereocenters. The average molecular weight is 332 g/mol. The van der Waals surface area contributed by atoms with Gasteiger partial charge in [-0.05, 0) is 37.9 Å². The van der Waals surface area contributed by atoms with Crippen LogP contribution >= 0.6 is 11.6 Å². The average Bonchev–Trinajstić information content (AvgIpc) is 2.85. The molecule has 9 heteroatoms. The fraction of sp³-hybridized carbons (Fsp3) is 0.500. The predicted octanol–water partition coefficient (Wildman–Crippen LogP) is 1.05. The van der Waals surface area contributed by atoms with E-state index in [-0.39, 0.29) is 27.2 Å². The SMILES string of the molecule is Cc1c(Cl)cc(S(=O)(=O)NC2C3CNCC32)cc1[N+](=O)[O-]. The van der Waals surface area contributed by atoms with E-state index >= 15 is 0 Å². The topological polar surface area (TPSA) is 101 Å². The molecule has 2 fully saturated rings. The second kappa shape index (κ2) is 4.91. The van der Waals surface area contributed by atoms with Crippen molar-refractivity contribution in [3.05, 3.63) is 32.8 Å². The number of sulfonamides is 1. The Balaban J connectivity index is 1.90. The van der Waals surface area contributed by atoms with Gasteiger partial charge in [0.2, 0.25) is 10.0 Å². The van der Waals surface area contributed by atoms with E-state index < -0.39 is 14.9 Å². The number of nitrogens with one attached hydrogen (secondary N) is 2. The molecule has 3 rings (SSSR count). The summed E-state index contributed by atoms with van der Waals surface area (Å²) in [4.78, 5) is 10.2. The summed E-state index contributed by atoms with van der Waals surface area (Å²) in [5.41, 5.74) is -0.0337. The third-order valence-corrected chi connectivity index (χ3v) is 6.01. The van der Waals surface area contributed by atoms with Gasteiger partial charge in [0.1, 0.15) is 0 Å². The molecule has 1 aromatic rings. The first-order chi connectivity index (χ1) is 9.81. The molecule has 2 aliphatic rings. The standard InChI is InChI=1S/C12H14ClN3O4S/c1-6-10(13)2-7(3-11(6)16(17)18)21(19,20)15-12-8-4-14-5-9(8)12/h2-3,8-9,12,14-15H,4-5H2,1H3. The Kier molecular flexibility index (Phi) is 3.44. The summed E-state index contributed by atoms with van der Waals surface area (Å²) in [5, 5.41) is 14.2. The lowest BCUT2D eigenvalue weighted by atomic mass is 10.2. The first kappa shape index (κ1) is 14.7. The van der Waals surface area contributed by atoms with Gasteiger partial charge in [0.05, 0.1) is 14.8 Å². The molecule has 1 saturated heterocycles. The molecule has 0 bridgehead atoms. The minimum Gasteiger partial charge on any atom is -0.316 e. The van der Waals surface area contributed by atoms with Crippen molar-refractivity contribution in [3.63, 3.8) is 0 Å². The number of hydrogen-bond donors (Lipinski definition) is 2. The summed E-state index contributed by atoms with van der Waals surface area (Å²) in [5.74, 6) is 0.631. The van der Waals surface area contributed by atoms with Crippen molar-refractivity contribution in [3.8, 4) is 0 Å². The highest BCUT2D eigenvalue weighted by Gasteiger charge is 2.54. The van der Waals surface area contributed by atoms with Gasteiger partial charge in [-0.1, -0.05) is 11.6 Å². The van der Waals surface area contributed by atoms with Crippen molar-refractivity contribution in [2.24, 2.45) is 11.8 Å². The Morgan fingerprint density at radius 2 is 2.00 bits per heavy atom. The number of nitro benzene ring substituents is 1. The van der Waals surface area contributed by atoms with E-state index in [2.05, 4.69) is 10.0 Å². The maximum absolute atomic E-state index is 12.3. The van der Waals surface area contributed by atoms with Crippen LogP contribution in [0.2, 0.25) is 5.02 Å². The van der Waals surface area contributed by atoms with Crippen molar-refractivity contribution >= 4 is 27.3 Å². The van der Waals surface area contributed by atoms with Crippen molar-refractivity contribution in [2.45, 2.75) is 17.9 Å². The van der Waals surface area contributed by atoms with Gasteiger partial charge < -0.3 is 5.32 Å². The lowest BCUT2D eigenvalue weighted by Gasteiger charge is -2.10. The van der Waals surface area contributed by atoms with E-state index in [0.717, 1.165) is 19.2 Å². The fourth-order valence-electron chi connectivity index (χ4n) is 2.83. The summed E-state index contributed by atoms with van der Waals surface area (Å²) in [6.07, 6.45) is 0. The number of fused-ring (bicyclic) bond motifs is 1. The third-order valence-electron chi connectivity index (χ3n) is 4.18. The lowest BCUT2D eigenvalue weighted by Crippen LogP contribution is -2.32. The molecule has 1 aromatic carbocycles. The van der Waals surface area contributed by atoms with Gasteiger partial charge in [-0.25, -0.2) is 13.1 Å². The Bertz CT molecular complexity index is 711. The van der Waals surface area contributed by atoms with E-state index in [1.54, 1.807) is 0 Å². The maximum Gasteiger partial charge on any atom is 0.275 e. The van der Waals surface area contributed by atoms with Gasteiger partial charge in [0.25, 0.3) is 5.69 Å². The van der Waals surface area contributed by atoms with Gasteiger partial charge in [-0.3, -0.25) is 10.1 Å². The van der Waals surface area contributed by atoms with Crippen LogP contribution in [-0.2, 0) is 10.0 Å². The number of piperidine rings is 1. The third kappa shape index (κ3) is 2.52. The zero-order chi connectivity index (χ0) is 15.4. The molecule has 114 valence electrons. The monoisotopic (exact) mass is 331 g/mol. The van der Waals surface area contributed by atoms with Crippen LogP contribution in [0, 0.1) is 28.9 Å². The Hall–Kier alpha value is -1.22. The number of rotatable bonds is 4. The number of hydrogen-bond acceptors (Lipinski definition) is 5. The van der Waals surface area contributed by atoms with Gasteiger partial charge in [-0.15, -0.1) is 0 Å². The number of nitro groups is 1. The number of nitrogens with zero attached hydrogens (tertiary/aromatic N) is 1. The van der Waals surface area contributed by atoms with Crippen molar-refractivity contribution < 1.29 is 13.3 Å². The number of halogens is 1. The molecular weight excluding hydrogens is 318 g/mol. The largest absolute Gasteiger partial charge is 0.316 e. The van der Waals surface area contributed by atoms with Crippen molar-refractivity contribution in [1.82, 2.24) is 10.0 Å². The molecule has 0 spiro atoms. The Morgan fingerprint density at radius 1 is 1.38 bits per heavy atom. The smallest absolute Gasteiger partial charge is 0.275 e. The first-order valence-corrected chi connectivity index (χ1v) is 8.35. The molecule has 1 saturated carbocycles. The molecule has 1 heterocycles. The van der Waals surface area contributed by atoms with Crippen molar-refractivity contribution in [2.75, 3.05) is 13.1 Å². The predicted molar refractivity (Wildman–Crippen MR) is 76.8 cm³/mol. The molecule has 1 aliphatic carbocycles. The van der Waals surface area contributed by atoms with Gasteiger partial charge >= 0.3 is 0 Å². The fourth-order valence-corrected chi connectivity index (χ4v) is 4.49. The highest BCUT2D eigenvalue weighted by atomic mass is 35.5. The van der Waals surface area contributed by atoms with Crippen LogP contribution in [0.15, 0.2) is 17.0 Å². The van der Waals surface area contributed by atoms with Crippen LogP contribution in [-0.4, -0.2) is 32.5 Å². The molecule has 1 aliphatic heterocycles. The van der Waals surface area contributed by atoms with E-state index in [0.29, 0.717) is 11.8 Å². The summed E-state index contributed by atoms with van der Waals surface area (Å²) >= 11 is 5.91. The highest BCUT2D eigenvalue weighted by Crippen LogP contribution is 2.42. The molecule has 21 heavy (non-hydrogen) atoms. The normalized spacial score (nSPS) is 27.4. The molecule has 0 radical (unpaired) electrons. The van der Waals surface area contributed by atoms with Crippen LogP contribution in [0.1, 0.15) is 5.56 Å². The van der Waals surface area contributed by atoms with Crippen molar-refractivity contribution in [1.29, 1.82) is 0 Å². The molecule has 2 N–H and O–H groups in total. The van der Waals surface area contributed by atoms with Crippen LogP contribution in [0.25, 0.3) is 0 Å². The Labute approximate surface area is 126 Å². The molecule has 2 atom stereocenters. The summed E-state index contributed by atoms with van der Waals surface area (Å²) in [6, 6.07) is 2.22. The summed E-state index contributed by atoms with van der Waals surface area (Å²) in [6.45, 7) is 3.08. The van der Waals surface area contributed by atoms with Gasteiger partial charge in [0, 0.05) is 17.7 Å². The summed E-state index contributed by atoms with van der Waals surface area (Å²) < 4.78 is 27.3. The van der Waals surface area contributed by atoms with E-state index in [1.807, 2.05) is 0 Å². The zero-order valence-electron chi connectivity index (χ0n) is 11.2. The molecule has 0 amide bonds. The second-order valence-electron chi connectivity index (χ2n) is 5.44. The van der Waals surface area contributed by atoms with Gasteiger partial charge in [-0.2, -0.15) is 0 Å². The van der Waals surface area contributed by atoms with Crippen LogP contribution in [0.5, 0.6) is 0 Å². The van der Waals surface area contributed by atoms with E-state index in [4.69, 9.17) is 11.6 Å². The minimum absolute atomic E-state index is 0.0715. The highest BCUT2D eigenvalue weighted by molar-refractivity contribution is 7.89. The molecule has 0 aromatic heterocycles. The molecular formula is C12H14ClN3O4S. The number of benzene rings is 1. The Morgan fingerprint density at radius 3 is 2.57 bits per heavy atom. The lowest BCUT2D eigenvalue weighted by molar-refractivity contribution is -0.385. The minimum atomic E-state index is -3.80. The maximum atomic E-state index is 12.3. The van der Waals surface area contributed by atoms with Gasteiger partial charge in [0.15, 0.2) is 0 Å². The van der Waals surface area contributed by atoms with Crippen LogP contribution in [0.4, 0.5) is 5.69 Å². The summed E-state index contributed by atoms with van der Waals surface area (Å²) in [7, 11) is -3.80. The second-order valence-corrected chi connectivity index (χ2v) is 7.56. The molecule has 7 nitrogen and oxygen atoms in total. The quantitative estimate of drug-likeness (QED) is 0.634. The van der Waals surface area contributed by atoms with Crippen LogP contribution < -0.4 is 10.0 Å². The van der Waals surface area contributed by atoms with E-state index in [1.165, 1.54) is 13.0 Å². The van der Waals surface area contributed by atoms with Crippen LogP contribution in [0.3, 0.4) is 0 Å². The first-order valence-electron chi connectivity index (χ1n) is 6.49. The van der Waals surface area contributed by atoms with E-state index in [9.17, 15) is 18.5 Å². The zero-order valence-corrected chi connectivity index (χ0v) is 12.7.